The Morgan fingerprint density at radius 1 is 1.27 bits per heavy atom. The van der Waals surface area contributed by atoms with E-state index in [1.807, 2.05) is 24.5 Å². The zero-order valence-corrected chi connectivity index (χ0v) is 18.7. The van der Waals surface area contributed by atoms with E-state index in [1.165, 1.54) is 12.8 Å². The van der Waals surface area contributed by atoms with Crippen molar-refractivity contribution in [2.24, 2.45) is 11.3 Å². The van der Waals surface area contributed by atoms with Crippen molar-refractivity contribution in [1.29, 1.82) is 0 Å². The molecule has 3 heterocycles. The number of amides is 1. The molecule has 160 valence electrons. The van der Waals surface area contributed by atoms with E-state index in [0.29, 0.717) is 11.9 Å². The highest BCUT2D eigenvalue weighted by molar-refractivity contribution is 6.31. The van der Waals surface area contributed by atoms with Gasteiger partial charge in [-0.15, -0.1) is 0 Å². The number of aromatic nitrogens is 2. The van der Waals surface area contributed by atoms with Gasteiger partial charge in [0.1, 0.15) is 0 Å². The Labute approximate surface area is 184 Å². The van der Waals surface area contributed by atoms with E-state index in [-0.39, 0.29) is 11.3 Å². The summed E-state index contributed by atoms with van der Waals surface area (Å²) in [5.74, 6) is 1.21. The fourth-order valence-electron chi connectivity index (χ4n) is 5.30. The number of nitrogens with zero attached hydrogens (tertiary/aromatic N) is 4. The Morgan fingerprint density at radius 3 is 2.77 bits per heavy atom. The SMILES string of the molecule is CC(C)n1cnc(C2CN(Cc3ccccc3Cl)CC23CCN(CC2CC2)C3=O)c1. The molecule has 5 nitrogen and oxygen atoms in total. The van der Waals surface area contributed by atoms with E-state index in [9.17, 15) is 4.79 Å². The van der Waals surface area contributed by atoms with Crippen LogP contribution >= 0.6 is 11.6 Å². The van der Waals surface area contributed by atoms with Crippen LogP contribution in [-0.2, 0) is 11.3 Å². The molecular formula is C24H31ClN4O. The van der Waals surface area contributed by atoms with E-state index < -0.39 is 0 Å². The van der Waals surface area contributed by atoms with Gasteiger partial charge in [-0.2, -0.15) is 0 Å². The van der Waals surface area contributed by atoms with Gasteiger partial charge in [0.2, 0.25) is 5.91 Å². The largest absolute Gasteiger partial charge is 0.342 e. The lowest BCUT2D eigenvalue weighted by Crippen LogP contribution is -2.40. The second-order valence-corrected chi connectivity index (χ2v) is 10.2. The van der Waals surface area contributed by atoms with Crippen LogP contribution in [0.3, 0.4) is 0 Å². The maximum absolute atomic E-state index is 13.7. The number of carbonyl (C=O) groups excluding carboxylic acids is 1. The van der Waals surface area contributed by atoms with Crippen molar-refractivity contribution in [3.8, 4) is 0 Å². The number of hydrogen-bond acceptors (Lipinski definition) is 3. The second kappa shape index (κ2) is 7.69. The molecule has 1 spiro atoms. The van der Waals surface area contributed by atoms with Gasteiger partial charge in [0.05, 0.1) is 17.4 Å². The van der Waals surface area contributed by atoms with Gasteiger partial charge < -0.3 is 9.47 Å². The summed E-state index contributed by atoms with van der Waals surface area (Å²) >= 11 is 6.44. The van der Waals surface area contributed by atoms with Crippen LogP contribution in [0.4, 0.5) is 0 Å². The third-order valence-corrected chi connectivity index (χ3v) is 7.63. The Kier molecular flexibility index (Phi) is 5.14. The summed E-state index contributed by atoms with van der Waals surface area (Å²) in [5.41, 5.74) is 1.83. The molecule has 2 unspecified atom stereocenters. The molecule has 30 heavy (non-hydrogen) atoms. The molecule has 0 N–H and O–H groups in total. The van der Waals surface area contributed by atoms with Crippen LogP contribution in [0.25, 0.3) is 0 Å². The van der Waals surface area contributed by atoms with E-state index >= 15 is 0 Å². The summed E-state index contributed by atoms with van der Waals surface area (Å²) in [7, 11) is 0. The summed E-state index contributed by atoms with van der Waals surface area (Å²) in [6.07, 6.45) is 7.56. The van der Waals surface area contributed by atoms with Crippen LogP contribution < -0.4 is 0 Å². The van der Waals surface area contributed by atoms with Gasteiger partial charge in [0.25, 0.3) is 0 Å². The minimum atomic E-state index is -0.355. The number of carbonyl (C=O) groups is 1. The molecule has 0 bridgehead atoms. The molecule has 3 aliphatic rings. The molecule has 2 atom stereocenters. The summed E-state index contributed by atoms with van der Waals surface area (Å²) in [6.45, 7) is 8.57. The number of rotatable bonds is 6. The van der Waals surface area contributed by atoms with Crippen LogP contribution in [0.5, 0.6) is 0 Å². The highest BCUT2D eigenvalue weighted by Crippen LogP contribution is 2.50. The quantitative estimate of drug-likeness (QED) is 0.689. The first kappa shape index (κ1) is 20.1. The number of imidazole rings is 1. The number of benzene rings is 1. The molecule has 1 aliphatic carbocycles. The van der Waals surface area contributed by atoms with Crippen molar-refractivity contribution in [2.75, 3.05) is 26.2 Å². The topological polar surface area (TPSA) is 41.4 Å². The lowest BCUT2D eigenvalue weighted by molar-refractivity contribution is -0.136. The minimum Gasteiger partial charge on any atom is -0.342 e. The number of hydrogen-bond donors (Lipinski definition) is 0. The maximum Gasteiger partial charge on any atom is 0.230 e. The predicted octanol–water partition coefficient (Wildman–Crippen LogP) is 4.35. The molecule has 3 fully saturated rings. The third-order valence-electron chi connectivity index (χ3n) is 7.26. The Hall–Kier alpha value is -1.85. The molecular weight excluding hydrogens is 396 g/mol. The standard InChI is InChI=1S/C24H31ClN4O/c1-17(2)29-14-22(26-16-29)20-13-27(12-19-5-3-4-6-21(19)25)15-24(20)9-10-28(23(24)30)11-18-7-8-18/h3-6,14,16-18,20H,7-13,15H2,1-2H3. The van der Waals surface area contributed by atoms with Crippen molar-refractivity contribution < 1.29 is 4.79 Å². The van der Waals surface area contributed by atoms with E-state index in [1.54, 1.807) is 0 Å². The van der Waals surface area contributed by atoms with Crippen molar-refractivity contribution >= 4 is 17.5 Å². The normalized spacial score (nSPS) is 27.1. The second-order valence-electron chi connectivity index (χ2n) is 9.75. The number of likely N-dealkylation sites (tertiary alicyclic amines) is 2. The average Bonchev–Trinajstić information content (AvgIpc) is 3.15. The molecule has 2 aliphatic heterocycles. The fraction of sp³-hybridized carbons (Fsp3) is 0.583. The summed E-state index contributed by atoms with van der Waals surface area (Å²) in [4.78, 5) is 23.0. The van der Waals surface area contributed by atoms with Gasteiger partial charge in [-0.05, 0) is 50.7 Å². The highest BCUT2D eigenvalue weighted by Gasteiger charge is 2.58. The van der Waals surface area contributed by atoms with Crippen molar-refractivity contribution in [1.82, 2.24) is 19.4 Å². The van der Waals surface area contributed by atoms with E-state index in [0.717, 1.165) is 61.3 Å². The van der Waals surface area contributed by atoms with Gasteiger partial charge in [-0.25, -0.2) is 4.98 Å². The van der Waals surface area contributed by atoms with Gasteiger partial charge in [0.15, 0.2) is 0 Å². The van der Waals surface area contributed by atoms with Crippen LogP contribution in [0.15, 0.2) is 36.8 Å². The first-order valence-electron chi connectivity index (χ1n) is 11.2. The van der Waals surface area contributed by atoms with Gasteiger partial charge >= 0.3 is 0 Å². The van der Waals surface area contributed by atoms with Crippen LogP contribution in [-0.4, -0.2) is 51.4 Å². The Balaban J connectivity index is 1.44. The first-order valence-corrected chi connectivity index (χ1v) is 11.6. The lowest BCUT2D eigenvalue weighted by Gasteiger charge is -2.28. The van der Waals surface area contributed by atoms with Crippen molar-refractivity contribution in [2.45, 2.75) is 51.6 Å². The molecule has 1 aromatic carbocycles. The van der Waals surface area contributed by atoms with Crippen molar-refractivity contribution in [3.63, 3.8) is 0 Å². The third kappa shape index (κ3) is 3.56. The molecule has 1 saturated carbocycles. The monoisotopic (exact) mass is 426 g/mol. The number of halogens is 1. The van der Waals surface area contributed by atoms with E-state index in [4.69, 9.17) is 16.6 Å². The van der Waals surface area contributed by atoms with Gasteiger partial charge in [-0.1, -0.05) is 29.8 Å². The summed E-state index contributed by atoms with van der Waals surface area (Å²) in [6, 6.07) is 8.41. The molecule has 1 aromatic heterocycles. The van der Waals surface area contributed by atoms with Crippen LogP contribution in [0, 0.1) is 11.3 Å². The summed E-state index contributed by atoms with van der Waals surface area (Å²) < 4.78 is 2.15. The minimum absolute atomic E-state index is 0.136. The maximum atomic E-state index is 13.7. The molecule has 2 saturated heterocycles. The van der Waals surface area contributed by atoms with Crippen LogP contribution in [0.2, 0.25) is 5.02 Å². The molecule has 5 rings (SSSR count). The molecule has 2 aromatic rings. The van der Waals surface area contributed by atoms with Gasteiger partial charge in [0, 0.05) is 55.9 Å². The van der Waals surface area contributed by atoms with Gasteiger partial charge in [-0.3, -0.25) is 9.69 Å². The Bertz CT molecular complexity index is 937. The smallest absolute Gasteiger partial charge is 0.230 e. The first-order chi connectivity index (χ1) is 14.5. The molecule has 1 amide bonds. The predicted molar refractivity (Wildman–Crippen MR) is 118 cm³/mol. The zero-order valence-electron chi connectivity index (χ0n) is 17.9. The summed E-state index contributed by atoms with van der Waals surface area (Å²) in [5, 5.41) is 0.798. The van der Waals surface area contributed by atoms with Crippen LogP contribution in [0.1, 0.15) is 56.3 Å². The molecule has 0 radical (unpaired) electrons. The fourth-order valence-corrected chi connectivity index (χ4v) is 5.50. The average molecular weight is 427 g/mol. The lowest BCUT2D eigenvalue weighted by atomic mass is 9.75. The zero-order chi connectivity index (χ0) is 20.9. The highest BCUT2D eigenvalue weighted by atomic mass is 35.5. The molecule has 6 heteroatoms. The van der Waals surface area contributed by atoms with Crippen molar-refractivity contribution in [3.05, 3.63) is 53.1 Å². The van der Waals surface area contributed by atoms with E-state index in [2.05, 4.69) is 40.5 Å². The Morgan fingerprint density at radius 2 is 2.07 bits per heavy atom.